The second kappa shape index (κ2) is 9.12. The molecular weight excluding hydrogens is 486 g/mol. The van der Waals surface area contributed by atoms with Gasteiger partial charge < -0.3 is 0 Å². The van der Waals surface area contributed by atoms with Crippen LogP contribution in [0.3, 0.4) is 0 Å². The maximum absolute atomic E-state index is 13.3. The Morgan fingerprint density at radius 1 is 0.879 bits per heavy atom. The molecular formula is C22H22ClN3O5S2. The fourth-order valence-corrected chi connectivity index (χ4v) is 4.91. The second-order valence-corrected chi connectivity index (χ2v) is 11.5. The van der Waals surface area contributed by atoms with E-state index in [4.69, 9.17) is 11.6 Å². The zero-order chi connectivity index (χ0) is 24.6. The summed E-state index contributed by atoms with van der Waals surface area (Å²) in [6.07, 6.45) is 2.23. The molecule has 3 rings (SSSR count). The Labute approximate surface area is 198 Å². The summed E-state index contributed by atoms with van der Waals surface area (Å²) < 4.78 is 53.8. The van der Waals surface area contributed by atoms with Crippen LogP contribution in [0.4, 0.5) is 11.4 Å². The van der Waals surface area contributed by atoms with Crippen molar-refractivity contribution in [3.63, 3.8) is 0 Å². The zero-order valence-electron chi connectivity index (χ0n) is 18.3. The van der Waals surface area contributed by atoms with Crippen molar-refractivity contribution >= 4 is 48.8 Å². The van der Waals surface area contributed by atoms with Crippen molar-refractivity contribution in [3.8, 4) is 0 Å². The van der Waals surface area contributed by atoms with E-state index >= 15 is 0 Å². The van der Waals surface area contributed by atoms with Gasteiger partial charge in [0.2, 0.25) is 15.8 Å². The van der Waals surface area contributed by atoms with E-state index in [1.54, 1.807) is 26.0 Å². The number of anilines is 2. The van der Waals surface area contributed by atoms with Gasteiger partial charge in [-0.25, -0.2) is 21.8 Å². The molecule has 1 heterocycles. The Morgan fingerprint density at radius 2 is 1.55 bits per heavy atom. The predicted molar refractivity (Wildman–Crippen MR) is 129 cm³/mol. The van der Waals surface area contributed by atoms with Crippen molar-refractivity contribution < 1.29 is 21.6 Å². The topological polar surface area (TPSA) is 122 Å². The maximum atomic E-state index is 13.3. The summed E-state index contributed by atoms with van der Waals surface area (Å²) in [4.78, 5) is 17.4. The molecule has 0 bridgehead atoms. The summed E-state index contributed by atoms with van der Waals surface area (Å²) in [7, 11) is -7.60. The molecule has 0 aliphatic carbocycles. The van der Waals surface area contributed by atoms with E-state index in [1.165, 1.54) is 36.5 Å². The van der Waals surface area contributed by atoms with Crippen molar-refractivity contribution in [3.05, 3.63) is 81.6 Å². The lowest BCUT2D eigenvalue weighted by Crippen LogP contribution is -2.18. The molecule has 0 unspecified atom stereocenters. The smallest absolute Gasteiger partial charge is 0.261 e. The minimum absolute atomic E-state index is 0.0273. The van der Waals surface area contributed by atoms with E-state index in [-0.39, 0.29) is 32.6 Å². The fraction of sp³-hybridized carbons (Fsp3) is 0.182. The standard InChI is InChI=1S/C22H22ClN3O5S2/c1-13-6-8-18(9-15(13)3)33(30,31)26-20-10-16(23)12-24-21(20)22(27)19-11-17(7-5-14(19)2)25-32(4,28)29/h5-12,25-26H,1-4H3. The number of carbonyl (C=O) groups is 1. The quantitative estimate of drug-likeness (QED) is 0.465. The number of rotatable bonds is 7. The Morgan fingerprint density at radius 3 is 2.18 bits per heavy atom. The lowest BCUT2D eigenvalue weighted by atomic mass is 10.0. The fourth-order valence-electron chi connectivity index (χ4n) is 3.05. The molecule has 0 saturated carbocycles. The first kappa shape index (κ1) is 24.7. The average molecular weight is 508 g/mol. The lowest BCUT2D eigenvalue weighted by molar-refractivity contribution is 0.103. The van der Waals surface area contributed by atoms with Gasteiger partial charge in [0, 0.05) is 17.4 Å². The minimum Gasteiger partial charge on any atom is -0.287 e. The normalized spacial score (nSPS) is 11.8. The van der Waals surface area contributed by atoms with Gasteiger partial charge in [-0.15, -0.1) is 0 Å². The van der Waals surface area contributed by atoms with Crippen LogP contribution in [-0.4, -0.2) is 33.9 Å². The minimum atomic E-state index is -4.04. The first-order valence-electron chi connectivity index (χ1n) is 9.65. The SMILES string of the molecule is Cc1ccc(S(=O)(=O)Nc2cc(Cl)cnc2C(=O)c2cc(NS(C)(=O)=O)ccc2C)cc1C. The molecule has 3 aromatic rings. The van der Waals surface area contributed by atoms with Crippen molar-refractivity contribution in [2.24, 2.45) is 0 Å². The summed E-state index contributed by atoms with van der Waals surface area (Å²) in [6.45, 7) is 5.34. The van der Waals surface area contributed by atoms with Gasteiger partial charge in [-0.1, -0.05) is 23.7 Å². The largest absolute Gasteiger partial charge is 0.287 e. The van der Waals surface area contributed by atoms with Crippen LogP contribution in [0.25, 0.3) is 0 Å². The van der Waals surface area contributed by atoms with Crippen LogP contribution >= 0.6 is 11.6 Å². The van der Waals surface area contributed by atoms with Crippen molar-refractivity contribution in [2.75, 3.05) is 15.7 Å². The Hall–Kier alpha value is -2.95. The van der Waals surface area contributed by atoms with E-state index in [9.17, 15) is 21.6 Å². The second-order valence-electron chi connectivity index (χ2n) is 7.63. The van der Waals surface area contributed by atoms with Crippen LogP contribution in [0.1, 0.15) is 32.7 Å². The molecule has 0 spiro atoms. The molecule has 0 amide bonds. The summed E-state index contributed by atoms with van der Waals surface area (Å²) in [6, 6.07) is 10.5. The number of pyridine rings is 1. The Balaban J connectivity index is 2.05. The van der Waals surface area contributed by atoms with Gasteiger partial charge in [0.1, 0.15) is 5.69 Å². The number of nitrogens with one attached hydrogen (secondary N) is 2. The molecule has 11 heteroatoms. The van der Waals surface area contributed by atoms with Gasteiger partial charge in [-0.2, -0.15) is 0 Å². The third kappa shape index (κ3) is 5.89. The molecule has 1 aromatic heterocycles. The summed E-state index contributed by atoms with van der Waals surface area (Å²) >= 11 is 6.03. The first-order valence-corrected chi connectivity index (χ1v) is 13.4. The zero-order valence-corrected chi connectivity index (χ0v) is 20.7. The number of aromatic nitrogens is 1. The summed E-state index contributed by atoms with van der Waals surface area (Å²) in [5.41, 5.74) is 2.37. The van der Waals surface area contributed by atoms with E-state index in [2.05, 4.69) is 14.4 Å². The van der Waals surface area contributed by atoms with Crippen LogP contribution in [0.5, 0.6) is 0 Å². The number of hydrogen-bond acceptors (Lipinski definition) is 6. The number of sulfonamides is 2. The molecule has 2 N–H and O–H groups in total. The highest BCUT2D eigenvalue weighted by atomic mass is 35.5. The predicted octanol–water partition coefficient (Wildman–Crippen LogP) is 4.06. The van der Waals surface area contributed by atoms with Gasteiger partial charge >= 0.3 is 0 Å². The molecule has 0 atom stereocenters. The van der Waals surface area contributed by atoms with Gasteiger partial charge in [0.15, 0.2) is 0 Å². The van der Waals surface area contributed by atoms with Gasteiger partial charge in [0.05, 0.1) is 21.9 Å². The van der Waals surface area contributed by atoms with Crippen molar-refractivity contribution in [2.45, 2.75) is 25.7 Å². The molecule has 0 radical (unpaired) electrons. The highest BCUT2D eigenvalue weighted by molar-refractivity contribution is 7.92. The van der Waals surface area contributed by atoms with Crippen molar-refractivity contribution in [1.29, 1.82) is 0 Å². The molecule has 33 heavy (non-hydrogen) atoms. The summed E-state index contributed by atoms with van der Waals surface area (Å²) in [5, 5.41) is 0.133. The highest BCUT2D eigenvalue weighted by Crippen LogP contribution is 2.27. The lowest BCUT2D eigenvalue weighted by Gasteiger charge is -2.14. The molecule has 174 valence electrons. The van der Waals surface area contributed by atoms with Crippen molar-refractivity contribution in [1.82, 2.24) is 4.98 Å². The third-order valence-electron chi connectivity index (χ3n) is 4.89. The number of hydrogen-bond donors (Lipinski definition) is 2. The van der Waals surface area contributed by atoms with Crippen LogP contribution in [0, 0.1) is 20.8 Å². The first-order chi connectivity index (χ1) is 15.3. The number of carbonyl (C=O) groups excluding carboxylic acids is 1. The Bertz CT molecular complexity index is 1470. The summed E-state index contributed by atoms with van der Waals surface area (Å²) in [5.74, 6) is -0.598. The number of aryl methyl sites for hydroxylation is 3. The Kier molecular flexibility index (Phi) is 6.83. The number of halogens is 1. The number of nitrogens with zero attached hydrogens (tertiary/aromatic N) is 1. The molecule has 0 fully saturated rings. The molecule has 0 aliphatic heterocycles. The molecule has 0 aliphatic rings. The van der Waals surface area contributed by atoms with Gasteiger partial charge in [-0.3, -0.25) is 14.2 Å². The van der Waals surface area contributed by atoms with E-state index in [0.717, 1.165) is 17.4 Å². The van der Waals surface area contributed by atoms with Crippen LogP contribution < -0.4 is 9.44 Å². The monoisotopic (exact) mass is 507 g/mol. The third-order valence-corrected chi connectivity index (χ3v) is 7.06. The van der Waals surface area contributed by atoms with Crippen LogP contribution in [0.2, 0.25) is 5.02 Å². The van der Waals surface area contributed by atoms with E-state index < -0.39 is 25.8 Å². The van der Waals surface area contributed by atoms with Crippen LogP contribution in [-0.2, 0) is 20.0 Å². The molecule has 2 aromatic carbocycles. The van der Waals surface area contributed by atoms with E-state index in [0.29, 0.717) is 5.56 Å². The molecule has 0 saturated heterocycles. The highest BCUT2D eigenvalue weighted by Gasteiger charge is 2.23. The maximum Gasteiger partial charge on any atom is 0.261 e. The van der Waals surface area contributed by atoms with Gasteiger partial charge in [-0.05, 0) is 67.8 Å². The van der Waals surface area contributed by atoms with E-state index in [1.807, 2.05) is 6.92 Å². The molecule has 8 nitrogen and oxygen atoms in total. The number of ketones is 1. The average Bonchev–Trinajstić information content (AvgIpc) is 2.69. The number of benzene rings is 2. The van der Waals surface area contributed by atoms with Gasteiger partial charge in [0.25, 0.3) is 10.0 Å². The van der Waals surface area contributed by atoms with Crippen LogP contribution in [0.15, 0.2) is 53.6 Å².